The lowest BCUT2D eigenvalue weighted by Gasteiger charge is -2.30. The second-order valence-electron chi connectivity index (χ2n) is 8.71. The molecule has 2 amide bonds. The topological polar surface area (TPSA) is 92.8 Å². The van der Waals surface area contributed by atoms with Crippen LogP contribution in [0.25, 0.3) is 10.2 Å². The number of amides is 2. The first-order valence-electron chi connectivity index (χ1n) is 11.3. The fraction of sp³-hybridized carbons (Fsp3) is 0.400. The van der Waals surface area contributed by atoms with E-state index >= 15 is 0 Å². The average Bonchev–Trinajstić information content (AvgIpc) is 3.28. The van der Waals surface area contributed by atoms with Gasteiger partial charge in [0, 0.05) is 39.0 Å². The number of anilines is 1. The Morgan fingerprint density at radius 1 is 1.26 bits per heavy atom. The number of carbonyl (C=O) groups is 2. The Bertz CT molecular complexity index is 1150. The maximum atomic E-state index is 13.4. The number of aromatic nitrogens is 1. The van der Waals surface area contributed by atoms with Crippen molar-refractivity contribution in [2.24, 2.45) is 5.92 Å². The molecule has 0 aliphatic carbocycles. The summed E-state index contributed by atoms with van der Waals surface area (Å²) in [5.41, 5.74) is 1.67. The molecule has 8 nitrogen and oxygen atoms in total. The van der Waals surface area contributed by atoms with Crippen LogP contribution in [0.5, 0.6) is 5.75 Å². The van der Waals surface area contributed by atoms with E-state index in [1.54, 1.807) is 37.3 Å². The van der Waals surface area contributed by atoms with Crippen LogP contribution in [0.3, 0.4) is 0 Å². The van der Waals surface area contributed by atoms with Gasteiger partial charge in [0.1, 0.15) is 12.4 Å². The first kappa shape index (κ1) is 24.1. The predicted molar refractivity (Wildman–Crippen MR) is 134 cm³/mol. The molecule has 3 atom stereocenters. The molecule has 4 rings (SSSR count). The van der Waals surface area contributed by atoms with Crippen LogP contribution >= 0.6 is 11.3 Å². The van der Waals surface area contributed by atoms with Gasteiger partial charge >= 0.3 is 0 Å². The van der Waals surface area contributed by atoms with E-state index in [0.717, 1.165) is 16.8 Å². The number of hydrogen-bond acceptors (Lipinski definition) is 7. The maximum Gasteiger partial charge on any atom is 0.284 e. The summed E-state index contributed by atoms with van der Waals surface area (Å²) in [6.07, 6.45) is -0.112. The van der Waals surface area contributed by atoms with Gasteiger partial charge in [0.05, 0.1) is 21.9 Å². The van der Waals surface area contributed by atoms with E-state index in [4.69, 9.17) is 9.47 Å². The molecule has 34 heavy (non-hydrogen) atoms. The van der Waals surface area contributed by atoms with Gasteiger partial charge in [-0.3, -0.25) is 9.59 Å². The number of nitrogens with one attached hydrogen (secondary N) is 2. The van der Waals surface area contributed by atoms with Crippen molar-refractivity contribution in [1.29, 1.82) is 0 Å². The molecule has 0 spiro atoms. The van der Waals surface area contributed by atoms with E-state index in [2.05, 4.69) is 22.5 Å². The molecule has 1 aliphatic rings. The van der Waals surface area contributed by atoms with Crippen molar-refractivity contribution in [3.63, 3.8) is 0 Å². The quantitative estimate of drug-likeness (QED) is 0.592. The minimum Gasteiger partial charge on any atom is -0.491 e. The number of methoxy groups -OCH3 is 1. The summed E-state index contributed by atoms with van der Waals surface area (Å²) in [4.78, 5) is 32.3. The van der Waals surface area contributed by atoms with Crippen molar-refractivity contribution in [2.45, 2.75) is 26.0 Å². The molecule has 0 saturated carbocycles. The summed E-state index contributed by atoms with van der Waals surface area (Å²) in [6, 6.07) is 12.8. The first-order valence-corrected chi connectivity index (χ1v) is 12.1. The Labute approximate surface area is 203 Å². The van der Waals surface area contributed by atoms with E-state index in [1.807, 2.05) is 31.2 Å². The number of thiazole rings is 1. The highest BCUT2D eigenvalue weighted by Crippen LogP contribution is 2.27. The normalized spacial score (nSPS) is 21.8. The lowest BCUT2D eigenvalue weighted by Crippen LogP contribution is -2.44. The zero-order valence-corrected chi connectivity index (χ0v) is 20.6. The standard InChI is InChI=1S/C25H30N4O4S/c1-15-12-26-16(2)14-33-20-10-9-17(11-18(20)25(31)29(3)13-21(15)32-4)27-23(30)24-28-19-7-5-6-8-22(19)34-24/h5-11,15-16,21,26H,12-14H2,1-4H3,(H,27,30)/t15-,16-,21+/m0/s1. The van der Waals surface area contributed by atoms with E-state index in [0.29, 0.717) is 35.2 Å². The summed E-state index contributed by atoms with van der Waals surface area (Å²) in [7, 11) is 3.42. The van der Waals surface area contributed by atoms with Crippen molar-refractivity contribution >= 4 is 39.1 Å². The number of nitrogens with zero attached hydrogens (tertiary/aromatic N) is 2. The molecule has 2 aromatic carbocycles. The van der Waals surface area contributed by atoms with Crippen LogP contribution in [0, 0.1) is 5.92 Å². The third-order valence-corrected chi connectivity index (χ3v) is 7.01. The van der Waals surface area contributed by atoms with Gasteiger partial charge in [0.25, 0.3) is 11.8 Å². The van der Waals surface area contributed by atoms with Crippen LogP contribution in [0.15, 0.2) is 42.5 Å². The van der Waals surface area contributed by atoms with Gasteiger partial charge in [-0.15, -0.1) is 11.3 Å². The minimum absolute atomic E-state index is 0.0958. The smallest absolute Gasteiger partial charge is 0.284 e. The zero-order valence-electron chi connectivity index (χ0n) is 19.8. The summed E-state index contributed by atoms with van der Waals surface area (Å²) in [5, 5.41) is 6.71. The van der Waals surface area contributed by atoms with Crippen molar-refractivity contribution in [2.75, 3.05) is 39.2 Å². The monoisotopic (exact) mass is 482 g/mol. The fourth-order valence-corrected chi connectivity index (χ4v) is 4.75. The van der Waals surface area contributed by atoms with Crippen LogP contribution in [-0.2, 0) is 4.74 Å². The molecule has 2 heterocycles. The minimum atomic E-state index is -0.317. The highest BCUT2D eigenvalue weighted by atomic mass is 32.1. The third kappa shape index (κ3) is 5.38. The van der Waals surface area contributed by atoms with Crippen molar-refractivity contribution in [3.8, 4) is 5.75 Å². The van der Waals surface area contributed by atoms with Crippen molar-refractivity contribution in [1.82, 2.24) is 15.2 Å². The van der Waals surface area contributed by atoms with Crippen LogP contribution in [0.1, 0.15) is 34.0 Å². The Balaban J connectivity index is 1.60. The molecule has 9 heteroatoms. The second kappa shape index (κ2) is 10.5. The highest BCUT2D eigenvalue weighted by Gasteiger charge is 2.26. The average molecular weight is 483 g/mol. The molecule has 180 valence electrons. The molecular formula is C25H30N4O4S. The molecule has 2 N–H and O–H groups in total. The van der Waals surface area contributed by atoms with Gasteiger partial charge in [-0.25, -0.2) is 4.98 Å². The van der Waals surface area contributed by atoms with E-state index in [-0.39, 0.29) is 29.9 Å². The number of benzene rings is 2. The highest BCUT2D eigenvalue weighted by molar-refractivity contribution is 7.20. The lowest BCUT2D eigenvalue weighted by atomic mass is 10.0. The number of para-hydroxylation sites is 1. The first-order chi connectivity index (χ1) is 16.4. The third-order valence-electron chi connectivity index (χ3n) is 5.97. The van der Waals surface area contributed by atoms with E-state index in [9.17, 15) is 9.59 Å². The SMILES string of the molecule is CO[C@@H]1CN(C)C(=O)c2cc(NC(=O)c3nc4ccccc4s3)ccc2OC[C@H](C)NC[C@@H]1C. The number of likely N-dealkylation sites (N-methyl/N-ethyl adjacent to an activating group) is 1. The van der Waals surface area contributed by atoms with Gasteiger partial charge in [-0.05, 0) is 43.2 Å². The molecular weight excluding hydrogens is 452 g/mol. The summed E-state index contributed by atoms with van der Waals surface area (Å²) >= 11 is 1.33. The van der Waals surface area contributed by atoms with Crippen molar-refractivity contribution < 1.29 is 19.1 Å². The summed E-state index contributed by atoms with van der Waals surface area (Å²) in [5.74, 6) is 0.177. The molecule has 0 fully saturated rings. The van der Waals surface area contributed by atoms with Gasteiger partial charge in [0.2, 0.25) is 0 Å². The molecule has 0 radical (unpaired) electrons. The van der Waals surface area contributed by atoms with Crippen LogP contribution < -0.4 is 15.4 Å². The Kier molecular flexibility index (Phi) is 7.45. The largest absolute Gasteiger partial charge is 0.491 e. The van der Waals surface area contributed by atoms with Gasteiger partial charge in [0.15, 0.2) is 5.01 Å². The molecule has 0 unspecified atom stereocenters. The molecule has 3 aromatic rings. The van der Waals surface area contributed by atoms with E-state index in [1.165, 1.54) is 11.3 Å². The summed E-state index contributed by atoms with van der Waals surface area (Å²) in [6.45, 7) is 5.75. The number of hydrogen-bond donors (Lipinski definition) is 2. The lowest BCUT2D eigenvalue weighted by molar-refractivity contribution is 0.0281. The van der Waals surface area contributed by atoms with Crippen LogP contribution in [-0.4, -0.2) is 67.7 Å². The second-order valence-corrected chi connectivity index (χ2v) is 9.74. The van der Waals surface area contributed by atoms with Crippen LogP contribution in [0.2, 0.25) is 0 Å². The summed E-state index contributed by atoms with van der Waals surface area (Å²) < 4.78 is 12.6. The molecule has 1 aliphatic heterocycles. The van der Waals surface area contributed by atoms with Gasteiger partial charge in [-0.2, -0.15) is 0 Å². The Morgan fingerprint density at radius 3 is 2.82 bits per heavy atom. The molecule has 0 saturated heterocycles. The number of fused-ring (bicyclic) bond motifs is 2. The fourth-order valence-electron chi connectivity index (χ4n) is 3.89. The van der Waals surface area contributed by atoms with Crippen LogP contribution in [0.4, 0.5) is 5.69 Å². The van der Waals surface area contributed by atoms with Crippen molar-refractivity contribution in [3.05, 3.63) is 53.0 Å². The number of ether oxygens (including phenoxy) is 2. The van der Waals surface area contributed by atoms with E-state index < -0.39 is 0 Å². The predicted octanol–water partition coefficient (Wildman–Crippen LogP) is 3.64. The number of carbonyl (C=O) groups excluding carboxylic acids is 2. The Hall–Kier alpha value is -3.01. The van der Waals surface area contributed by atoms with Gasteiger partial charge < -0.3 is 25.0 Å². The number of rotatable bonds is 3. The van der Waals surface area contributed by atoms with Gasteiger partial charge in [-0.1, -0.05) is 19.1 Å². The Morgan fingerprint density at radius 2 is 2.06 bits per heavy atom. The zero-order chi connectivity index (χ0) is 24.2. The molecule has 0 bridgehead atoms. The molecule has 1 aromatic heterocycles. The maximum absolute atomic E-state index is 13.4.